The number of rotatable bonds is 7. The molecule has 0 spiro atoms. The molecule has 1 atom stereocenters. The molecule has 0 saturated heterocycles. The van der Waals surface area contributed by atoms with Gasteiger partial charge in [-0.1, -0.05) is 0 Å². The molecule has 0 fully saturated rings. The summed E-state index contributed by atoms with van der Waals surface area (Å²) in [5.74, 6) is -0.424. The molecule has 3 aromatic heterocycles. The van der Waals surface area contributed by atoms with Crippen LogP contribution in [0.25, 0.3) is 5.69 Å². The van der Waals surface area contributed by atoms with E-state index in [1.165, 1.54) is 22.1 Å². The van der Waals surface area contributed by atoms with E-state index in [9.17, 15) is 18.0 Å². The van der Waals surface area contributed by atoms with Crippen LogP contribution in [0.4, 0.5) is 13.2 Å². The minimum atomic E-state index is -4.58. The molecule has 0 bridgehead atoms. The summed E-state index contributed by atoms with van der Waals surface area (Å²) in [5, 5.41) is 8.13. The molecule has 3 heterocycles. The van der Waals surface area contributed by atoms with Crippen molar-refractivity contribution in [2.75, 3.05) is 13.2 Å². The third kappa shape index (κ3) is 5.13. The van der Waals surface area contributed by atoms with E-state index in [-0.39, 0.29) is 24.1 Å². The number of carbonyl (C=O) groups excluding carboxylic acids is 1. The molecule has 0 radical (unpaired) electrons. The number of pyridine rings is 1. The molecule has 12 heteroatoms. The van der Waals surface area contributed by atoms with Gasteiger partial charge in [-0.05, 0) is 32.9 Å². The van der Waals surface area contributed by atoms with Gasteiger partial charge in [-0.3, -0.25) is 4.79 Å². The van der Waals surface area contributed by atoms with Gasteiger partial charge < -0.3 is 9.64 Å². The van der Waals surface area contributed by atoms with Gasteiger partial charge in [0.1, 0.15) is 12.3 Å². The normalized spacial score (nSPS) is 12.5. The van der Waals surface area contributed by atoms with Gasteiger partial charge in [0.05, 0.1) is 30.8 Å². The van der Waals surface area contributed by atoms with Crippen LogP contribution in [0, 0.1) is 6.92 Å². The van der Waals surface area contributed by atoms with Gasteiger partial charge in [-0.2, -0.15) is 23.4 Å². The van der Waals surface area contributed by atoms with Gasteiger partial charge in [-0.25, -0.2) is 15.0 Å². The topological polar surface area (TPSA) is 98.9 Å². The number of nitrogens with zero attached hydrogens (tertiary/aromatic N) is 7. The van der Waals surface area contributed by atoms with Crippen molar-refractivity contribution >= 4 is 5.91 Å². The number of ether oxygens (including phenoxy) is 1. The van der Waals surface area contributed by atoms with Crippen LogP contribution in [0.15, 0.2) is 36.9 Å². The Morgan fingerprint density at radius 2 is 1.90 bits per heavy atom. The smallest absolute Gasteiger partial charge is 0.434 e. The van der Waals surface area contributed by atoms with Crippen molar-refractivity contribution in [3.8, 4) is 11.6 Å². The third-order valence-corrected chi connectivity index (χ3v) is 4.37. The van der Waals surface area contributed by atoms with Crippen molar-refractivity contribution in [1.29, 1.82) is 0 Å². The van der Waals surface area contributed by atoms with Crippen LogP contribution >= 0.6 is 0 Å². The molecule has 0 saturated carbocycles. The van der Waals surface area contributed by atoms with Crippen molar-refractivity contribution < 1.29 is 22.7 Å². The number of halogens is 3. The van der Waals surface area contributed by atoms with Crippen molar-refractivity contribution in [2.45, 2.75) is 33.0 Å². The highest BCUT2D eigenvalue weighted by molar-refractivity contribution is 5.96. The quantitative estimate of drug-likeness (QED) is 0.563. The average Bonchev–Trinajstić information content (AvgIpc) is 3.27. The fourth-order valence-corrected chi connectivity index (χ4v) is 2.83. The zero-order chi connectivity index (χ0) is 22.6. The van der Waals surface area contributed by atoms with Crippen LogP contribution < -0.4 is 4.74 Å². The van der Waals surface area contributed by atoms with Crippen LogP contribution in [0.2, 0.25) is 0 Å². The van der Waals surface area contributed by atoms with E-state index in [0.717, 1.165) is 6.20 Å². The van der Waals surface area contributed by atoms with E-state index < -0.39 is 17.9 Å². The Kier molecular flexibility index (Phi) is 6.47. The maximum Gasteiger partial charge on any atom is 0.434 e. The fourth-order valence-electron chi connectivity index (χ4n) is 2.83. The minimum Gasteiger partial charge on any atom is -0.474 e. The van der Waals surface area contributed by atoms with Crippen molar-refractivity contribution in [2.24, 2.45) is 0 Å². The molecule has 9 nitrogen and oxygen atoms in total. The Labute approximate surface area is 175 Å². The summed E-state index contributed by atoms with van der Waals surface area (Å²) in [6, 6.07) is 3.03. The standard InChI is InChI=1S/C19H20F3N7O2/c1-4-28(13(3)11-31-16-10-23-15(9-24-16)19(20,21)22)18(30)17-14(6-5-12(2)27-17)29-25-7-8-26-29/h5-10,13H,4,11H2,1-3H3. The molecule has 0 N–H and O–H groups in total. The highest BCUT2D eigenvalue weighted by Crippen LogP contribution is 2.27. The molecule has 0 aromatic carbocycles. The molecule has 0 aliphatic rings. The second-order valence-electron chi connectivity index (χ2n) is 6.63. The zero-order valence-electron chi connectivity index (χ0n) is 17.0. The number of aryl methyl sites for hydroxylation is 1. The van der Waals surface area contributed by atoms with E-state index >= 15 is 0 Å². The number of likely N-dealkylation sites (N-methyl/N-ethyl adjacent to an activating group) is 1. The Morgan fingerprint density at radius 3 is 2.48 bits per heavy atom. The first-order chi connectivity index (χ1) is 14.7. The Bertz CT molecular complexity index is 1020. The molecule has 1 unspecified atom stereocenters. The summed E-state index contributed by atoms with van der Waals surface area (Å²) in [7, 11) is 0. The van der Waals surface area contributed by atoms with E-state index in [4.69, 9.17) is 4.74 Å². The lowest BCUT2D eigenvalue weighted by atomic mass is 10.2. The molecular weight excluding hydrogens is 415 g/mol. The van der Waals surface area contributed by atoms with E-state index in [1.54, 1.807) is 32.9 Å². The Hall–Kier alpha value is -3.57. The monoisotopic (exact) mass is 435 g/mol. The van der Waals surface area contributed by atoms with Gasteiger partial charge in [0.15, 0.2) is 11.4 Å². The summed E-state index contributed by atoms with van der Waals surface area (Å²) >= 11 is 0. The number of aromatic nitrogens is 6. The Morgan fingerprint density at radius 1 is 1.19 bits per heavy atom. The van der Waals surface area contributed by atoms with E-state index in [1.807, 2.05) is 0 Å². The second-order valence-corrected chi connectivity index (χ2v) is 6.63. The first-order valence-corrected chi connectivity index (χ1v) is 9.38. The van der Waals surface area contributed by atoms with Crippen molar-refractivity contribution in [1.82, 2.24) is 34.8 Å². The maximum absolute atomic E-state index is 13.2. The zero-order valence-corrected chi connectivity index (χ0v) is 17.0. The number of amides is 1. The molecule has 31 heavy (non-hydrogen) atoms. The number of carbonyl (C=O) groups is 1. The molecule has 0 aliphatic carbocycles. The lowest BCUT2D eigenvalue weighted by Crippen LogP contribution is -2.42. The molecule has 3 rings (SSSR count). The van der Waals surface area contributed by atoms with E-state index in [0.29, 0.717) is 24.1 Å². The second kappa shape index (κ2) is 9.06. The lowest BCUT2D eigenvalue weighted by molar-refractivity contribution is -0.141. The molecule has 0 aliphatic heterocycles. The highest BCUT2D eigenvalue weighted by atomic mass is 19.4. The summed E-state index contributed by atoms with van der Waals surface area (Å²) in [5.41, 5.74) is 0.155. The first-order valence-electron chi connectivity index (χ1n) is 9.38. The third-order valence-electron chi connectivity index (χ3n) is 4.37. The van der Waals surface area contributed by atoms with Gasteiger partial charge in [0, 0.05) is 12.2 Å². The van der Waals surface area contributed by atoms with Crippen LogP contribution in [0.3, 0.4) is 0 Å². The van der Waals surface area contributed by atoms with Crippen molar-refractivity contribution in [3.05, 3.63) is 54.0 Å². The summed E-state index contributed by atoms with van der Waals surface area (Å²) in [6.45, 7) is 5.67. The maximum atomic E-state index is 13.2. The fraction of sp³-hybridized carbons (Fsp3) is 0.368. The molecule has 1 amide bonds. The van der Waals surface area contributed by atoms with Gasteiger partial charge >= 0.3 is 6.18 Å². The number of hydrogen-bond acceptors (Lipinski definition) is 7. The summed E-state index contributed by atoms with van der Waals surface area (Å²) < 4.78 is 43.2. The molecular formula is C19H20F3N7O2. The van der Waals surface area contributed by atoms with E-state index in [2.05, 4.69) is 25.1 Å². The Balaban J connectivity index is 1.74. The van der Waals surface area contributed by atoms with Gasteiger partial charge in [0.25, 0.3) is 5.91 Å². The van der Waals surface area contributed by atoms with Crippen LogP contribution in [0.5, 0.6) is 5.88 Å². The summed E-state index contributed by atoms with van der Waals surface area (Å²) in [6.07, 6.45) is -0.0905. The predicted octanol–water partition coefficient (Wildman–Crippen LogP) is 2.71. The predicted molar refractivity (Wildman–Crippen MR) is 103 cm³/mol. The minimum absolute atomic E-state index is 0.000787. The van der Waals surface area contributed by atoms with Crippen molar-refractivity contribution in [3.63, 3.8) is 0 Å². The SMILES string of the molecule is CCN(C(=O)c1nc(C)ccc1-n1nccn1)C(C)COc1cnc(C(F)(F)F)cn1. The largest absolute Gasteiger partial charge is 0.474 e. The van der Waals surface area contributed by atoms with Crippen LogP contribution in [-0.2, 0) is 6.18 Å². The van der Waals surface area contributed by atoms with Gasteiger partial charge in [-0.15, -0.1) is 4.80 Å². The van der Waals surface area contributed by atoms with Crippen LogP contribution in [0.1, 0.15) is 35.7 Å². The first kappa shape index (κ1) is 22.1. The number of alkyl halides is 3. The molecule has 3 aromatic rings. The van der Waals surface area contributed by atoms with Crippen LogP contribution in [-0.4, -0.2) is 59.9 Å². The lowest BCUT2D eigenvalue weighted by Gasteiger charge is -2.28. The number of hydrogen-bond donors (Lipinski definition) is 0. The highest BCUT2D eigenvalue weighted by Gasteiger charge is 2.33. The molecule has 164 valence electrons. The average molecular weight is 435 g/mol. The van der Waals surface area contributed by atoms with Gasteiger partial charge in [0.2, 0.25) is 5.88 Å². The summed E-state index contributed by atoms with van der Waals surface area (Å²) in [4.78, 5) is 27.4.